The number of nitrogens with zero attached hydrogens (tertiary/aromatic N) is 2. The van der Waals surface area contributed by atoms with Crippen molar-refractivity contribution in [1.82, 2.24) is 9.97 Å². The largest absolute Gasteiger partial charge is 0.381 e. The Kier molecular flexibility index (Phi) is 3.50. The average molecular weight is 207 g/mol. The van der Waals surface area contributed by atoms with E-state index in [1.54, 1.807) is 12.4 Å². The first-order chi connectivity index (χ1) is 7.42. The summed E-state index contributed by atoms with van der Waals surface area (Å²) >= 11 is 0. The van der Waals surface area contributed by atoms with E-state index in [0.29, 0.717) is 5.92 Å². The normalized spacial score (nSPS) is 21.3. The van der Waals surface area contributed by atoms with Crippen LogP contribution in [0.2, 0.25) is 0 Å². The second-order valence-electron chi connectivity index (χ2n) is 3.73. The van der Waals surface area contributed by atoms with Gasteiger partial charge in [0, 0.05) is 31.5 Å². The summed E-state index contributed by atoms with van der Waals surface area (Å²) in [5.74, 6) is 1.32. The number of hydrogen-bond donors (Lipinski definition) is 1. The van der Waals surface area contributed by atoms with Crippen LogP contribution in [0, 0.1) is 0 Å². The van der Waals surface area contributed by atoms with Gasteiger partial charge in [-0.3, -0.25) is 4.98 Å². The van der Waals surface area contributed by atoms with E-state index in [-0.39, 0.29) is 0 Å². The lowest BCUT2D eigenvalue weighted by molar-refractivity contribution is 0.0794. The van der Waals surface area contributed by atoms with Gasteiger partial charge in [0.2, 0.25) is 0 Å². The van der Waals surface area contributed by atoms with Crippen LogP contribution in [0.4, 0.5) is 5.82 Å². The molecule has 0 radical (unpaired) electrons. The molecule has 4 heteroatoms. The fraction of sp³-hybridized carbons (Fsp3) is 0.636. The highest BCUT2D eigenvalue weighted by Crippen LogP contribution is 2.27. The van der Waals surface area contributed by atoms with Crippen molar-refractivity contribution in [2.45, 2.75) is 25.7 Å². The average Bonchev–Trinajstić information content (AvgIpc) is 2.31. The zero-order chi connectivity index (χ0) is 10.5. The molecule has 0 aliphatic carbocycles. The SMILES string of the molecule is CCNc1nccnc1C1CCCOC1. The van der Waals surface area contributed by atoms with E-state index in [1.165, 1.54) is 0 Å². The first kappa shape index (κ1) is 10.4. The van der Waals surface area contributed by atoms with E-state index < -0.39 is 0 Å². The second-order valence-corrected chi connectivity index (χ2v) is 3.73. The molecular formula is C11H17N3O. The monoisotopic (exact) mass is 207 g/mol. The lowest BCUT2D eigenvalue weighted by Gasteiger charge is -2.22. The highest BCUT2D eigenvalue weighted by atomic mass is 16.5. The van der Waals surface area contributed by atoms with Gasteiger partial charge in [0.25, 0.3) is 0 Å². The maximum Gasteiger partial charge on any atom is 0.148 e. The van der Waals surface area contributed by atoms with E-state index in [1.807, 2.05) is 0 Å². The minimum Gasteiger partial charge on any atom is -0.381 e. The van der Waals surface area contributed by atoms with Crippen LogP contribution in [-0.4, -0.2) is 29.7 Å². The molecule has 2 heterocycles. The third kappa shape index (κ3) is 2.45. The highest BCUT2D eigenvalue weighted by Gasteiger charge is 2.20. The van der Waals surface area contributed by atoms with Crippen molar-refractivity contribution in [1.29, 1.82) is 0 Å². The Morgan fingerprint density at radius 1 is 1.47 bits per heavy atom. The van der Waals surface area contributed by atoms with Crippen LogP contribution in [-0.2, 0) is 4.74 Å². The summed E-state index contributed by atoms with van der Waals surface area (Å²) < 4.78 is 5.47. The first-order valence-electron chi connectivity index (χ1n) is 5.54. The Bertz CT molecular complexity index is 310. The lowest BCUT2D eigenvalue weighted by atomic mass is 9.98. The zero-order valence-electron chi connectivity index (χ0n) is 9.07. The van der Waals surface area contributed by atoms with E-state index in [4.69, 9.17) is 4.74 Å². The van der Waals surface area contributed by atoms with Crippen molar-refractivity contribution in [2.75, 3.05) is 25.1 Å². The van der Waals surface area contributed by atoms with Crippen molar-refractivity contribution >= 4 is 5.82 Å². The smallest absolute Gasteiger partial charge is 0.148 e. The third-order valence-corrected chi connectivity index (χ3v) is 2.62. The van der Waals surface area contributed by atoms with E-state index in [2.05, 4.69) is 22.2 Å². The third-order valence-electron chi connectivity index (χ3n) is 2.62. The zero-order valence-corrected chi connectivity index (χ0v) is 9.07. The van der Waals surface area contributed by atoms with Crippen LogP contribution in [0.1, 0.15) is 31.4 Å². The summed E-state index contributed by atoms with van der Waals surface area (Å²) in [7, 11) is 0. The summed E-state index contributed by atoms with van der Waals surface area (Å²) in [5, 5.41) is 3.24. The number of anilines is 1. The van der Waals surface area contributed by atoms with E-state index in [9.17, 15) is 0 Å². The van der Waals surface area contributed by atoms with Gasteiger partial charge < -0.3 is 10.1 Å². The molecule has 0 aromatic carbocycles. The Balaban J connectivity index is 2.17. The van der Waals surface area contributed by atoms with Crippen molar-refractivity contribution in [3.8, 4) is 0 Å². The minimum absolute atomic E-state index is 0.404. The van der Waals surface area contributed by atoms with Crippen molar-refractivity contribution in [2.24, 2.45) is 0 Å². The van der Waals surface area contributed by atoms with Gasteiger partial charge in [-0.05, 0) is 19.8 Å². The summed E-state index contributed by atoms with van der Waals surface area (Å²) in [6.45, 7) is 4.60. The predicted molar refractivity (Wildman–Crippen MR) is 59.0 cm³/mol. The van der Waals surface area contributed by atoms with Gasteiger partial charge in [0.1, 0.15) is 5.82 Å². The van der Waals surface area contributed by atoms with Gasteiger partial charge in [-0.1, -0.05) is 0 Å². The van der Waals surface area contributed by atoms with Crippen LogP contribution in [0.25, 0.3) is 0 Å². The molecule has 1 unspecified atom stereocenters. The molecule has 4 nitrogen and oxygen atoms in total. The molecular weight excluding hydrogens is 190 g/mol. The number of aromatic nitrogens is 2. The van der Waals surface area contributed by atoms with Gasteiger partial charge in [-0.2, -0.15) is 0 Å². The van der Waals surface area contributed by atoms with Crippen LogP contribution < -0.4 is 5.32 Å². The van der Waals surface area contributed by atoms with Gasteiger partial charge in [-0.15, -0.1) is 0 Å². The highest BCUT2D eigenvalue weighted by molar-refractivity contribution is 5.41. The summed E-state index contributed by atoms with van der Waals surface area (Å²) in [4.78, 5) is 8.73. The fourth-order valence-electron chi connectivity index (χ4n) is 1.91. The molecule has 0 bridgehead atoms. The van der Waals surface area contributed by atoms with Crippen LogP contribution in [0.5, 0.6) is 0 Å². The molecule has 1 N–H and O–H groups in total. The van der Waals surface area contributed by atoms with Gasteiger partial charge in [0.05, 0.1) is 12.3 Å². The first-order valence-corrected chi connectivity index (χ1v) is 5.54. The topological polar surface area (TPSA) is 47.0 Å². The van der Waals surface area contributed by atoms with Gasteiger partial charge in [-0.25, -0.2) is 4.98 Å². The molecule has 1 aromatic heterocycles. The van der Waals surface area contributed by atoms with Crippen molar-refractivity contribution in [3.05, 3.63) is 18.1 Å². The molecule has 0 saturated carbocycles. The molecule has 0 spiro atoms. The van der Waals surface area contributed by atoms with Crippen LogP contribution >= 0.6 is 0 Å². The van der Waals surface area contributed by atoms with E-state index >= 15 is 0 Å². The molecule has 0 amide bonds. The van der Waals surface area contributed by atoms with E-state index in [0.717, 1.165) is 44.1 Å². The number of ether oxygens (including phenoxy) is 1. The number of hydrogen-bond acceptors (Lipinski definition) is 4. The fourth-order valence-corrected chi connectivity index (χ4v) is 1.91. The van der Waals surface area contributed by atoms with Gasteiger partial charge >= 0.3 is 0 Å². The molecule has 1 saturated heterocycles. The molecule has 2 rings (SSSR count). The lowest BCUT2D eigenvalue weighted by Crippen LogP contribution is -2.18. The molecule has 82 valence electrons. The van der Waals surface area contributed by atoms with Crippen molar-refractivity contribution in [3.63, 3.8) is 0 Å². The number of nitrogens with one attached hydrogen (secondary N) is 1. The second kappa shape index (κ2) is 5.07. The summed E-state index contributed by atoms with van der Waals surface area (Å²) in [6.07, 6.45) is 5.75. The quantitative estimate of drug-likeness (QED) is 0.821. The Morgan fingerprint density at radius 3 is 3.07 bits per heavy atom. The van der Waals surface area contributed by atoms with Crippen LogP contribution in [0.3, 0.4) is 0 Å². The maximum absolute atomic E-state index is 5.47. The molecule has 1 aliphatic rings. The standard InChI is InChI=1S/C11H17N3O/c1-2-12-11-10(13-5-6-14-11)9-4-3-7-15-8-9/h5-6,9H,2-4,7-8H2,1H3,(H,12,14). The van der Waals surface area contributed by atoms with Crippen molar-refractivity contribution < 1.29 is 4.74 Å². The molecule has 1 aromatic rings. The minimum atomic E-state index is 0.404. The Morgan fingerprint density at radius 2 is 2.33 bits per heavy atom. The maximum atomic E-state index is 5.47. The molecule has 1 fully saturated rings. The Labute approximate surface area is 90.1 Å². The summed E-state index contributed by atoms with van der Waals surface area (Å²) in [6, 6.07) is 0. The Hall–Kier alpha value is -1.16. The van der Waals surface area contributed by atoms with Gasteiger partial charge in [0.15, 0.2) is 0 Å². The molecule has 1 aliphatic heterocycles. The number of rotatable bonds is 3. The summed E-state index contributed by atoms with van der Waals surface area (Å²) in [5.41, 5.74) is 1.05. The molecule has 15 heavy (non-hydrogen) atoms. The molecule has 1 atom stereocenters. The van der Waals surface area contributed by atoms with Crippen LogP contribution in [0.15, 0.2) is 12.4 Å². The predicted octanol–water partition coefficient (Wildman–Crippen LogP) is 1.80.